The maximum atomic E-state index is 12.0. The van der Waals surface area contributed by atoms with Gasteiger partial charge in [-0.2, -0.15) is 0 Å². The molecule has 6 nitrogen and oxygen atoms in total. The van der Waals surface area contributed by atoms with Crippen LogP contribution in [-0.2, 0) is 6.54 Å². The van der Waals surface area contributed by atoms with E-state index in [-0.39, 0.29) is 5.91 Å². The van der Waals surface area contributed by atoms with E-state index in [0.29, 0.717) is 18.1 Å². The second kappa shape index (κ2) is 8.71. The van der Waals surface area contributed by atoms with Gasteiger partial charge in [-0.15, -0.1) is 10.2 Å². The zero-order chi connectivity index (χ0) is 15.6. The molecule has 0 aliphatic carbocycles. The molecule has 0 saturated heterocycles. The predicted molar refractivity (Wildman–Crippen MR) is 85.5 cm³/mol. The number of nitrogens with one attached hydrogen (secondary N) is 2. The smallest absolute Gasteiger partial charge is 0.272 e. The molecule has 2 aromatic rings. The van der Waals surface area contributed by atoms with Crippen molar-refractivity contribution < 1.29 is 4.79 Å². The van der Waals surface area contributed by atoms with Gasteiger partial charge in [0, 0.05) is 25.5 Å². The topological polar surface area (TPSA) is 79.8 Å². The van der Waals surface area contributed by atoms with E-state index in [1.54, 1.807) is 24.5 Å². The molecule has 0 saturated carbocycles. The van der Waals surface area contributed by atoms with E-state index in [4.69, 9.17) is 0 Å². The molecule has 116 valence electrons. The Balaban J connectivity index is 1.80. The Morgan fingerprint density at radius 3 is 2.77 bits per heavy atom. The third kappa shape index (κ3) is 5.12. The van der Waals surface area contributed by atoms with Gasteiger partial charge in [-0.3, -0.25) is 9.78 Å². The molecule has 0 spiro atoms. The molecular formula is C16H21N5O. The molecule has 22 heavy (non-hydrogen) atoms. The fourth-order valence-electron chi connectivity index (χ4n) is 1.91. The van der Waals surface area contributed by atoms with Gasteiger partial charge in [-0.25, -0.2) is 0 Å². The molecule has 0 fully saturated rings. The molecule has 2 heterocycles. The van der Waals surface area contributed by atoms with Gasteiger partial charge >= 0.3 is 0 Å². The number of aromatic nitrogens is 3. The first-order valence-corrected chi connectivity index (χ1v) is 7.54. The van der Waals surface area contributed by atoms with E-state index < -0.39 is 0 Å². The molecular weight excluding hydrogens is 278 g/mol. The molecule has 1 amide bonds. The largest absolute Gasteiger partial charge is 0.369 e. The molecule has 2 rings (SSSR count). The van der Waals surface area contributed by atoms with Crippen molar-refractivity contribution in [2.24, 2.45) is 0 Å². The Kier molecular flexibility index (Phi) is 6.29. The molecule has 0 atom stereocenters. The van der Waals surface area contributed by atoms with Crippen LogP contribution in [0.3, 0.4) is 0 Å². The Labute approximate surface area is 130 Å². The predicted octanol–water partition coefficient (Wildman–Crippen LogP) is 2.40. The maximum Gasteiger partial charge on any atom is 0.272 e. The summed E-state index contributed by atoms with van der Waals surface area (Å²) in [5, 5.41) is 14.0. The number of nitrogens with zero attached hydrogens (tertiary/aromatic N) is 3. The molecule has 6 heteroatoms. The highest BCUT2D eigenvalue weighted by atomic mass is 16.1. The number of unbranched alkanes of at least 4 members (excludes halogenated alkanes) is 2. The standard InChI is InChI=1S/C16H21N5O/c1-2-3-4-10-18-15-8-7-14(20-21-15)16(22)19-12-13-6-5-9-17-11-13/h5-9,11H,2-4,10,12H2,1H3,(H,18,21)(H,19,22). The minimum absolute atomic E-state index is 0.242. The summed E-state index contributed by atoms with van der Waals surface area (Å²) in [5.41, 5.74) is 1.25. The number of rotatable bonds is 8. The van der Waals surface area contributed by atoms with Crippen molar-refractivity contribution in [2.45, 2.75) is 32.7 Å². The zero-order valence-electron chi connectivity index (χ0n) is 12.7. The summed E-state index contributed by atoms with van der Waals surface area (Å²) in [7, 11) is 0. The van der Waals surface area contributed by atoms with Crippen LogP contribution in [0.15, 0.2) is 36.7 Å². The normalized spacial score (nSPS) is 10.2. The van der Waals surface area contributed by atoms with E-state index in [1.165, 1.54) is 12.8 Å². The monoisotopic (exact) mass is 299 g/mol. The van der Waals surface area contributed by atoms with Crippen LogP contribution in [0.1, 0.15) is 42.2 Å². The molecule has 2 aromatic heterocycles. The molecule has 0 unspecified atom stereocenters. The van der Waals surface area contributed by atoms with Crippen LogP contribution < -0.4 is 10.6 Å². The summed E-state index contributed by atoms with van der Waals surface area (Å²) in [6.45, 7) is 3.46. The average Bonchev–Trinajstić information content (AvgIpc) is 2.58. The lowest BCUT2D eigenvalue weighted by atomic mass is 10.2. The lowest BCUT2D eigenvalue weighted by Gasteiger charge is -2.06. The Bertz CT molecular complexity index is 571. The lowest BCUT2D eigenvalue weighted by molar-refractivity contribution is 0.0945. The summed E-state index contributed by atoms with van der Waals surface area (Å²) in [5.74, 6) is 0.453. The molecule has 0 bridgehead atoms. The number of hydrogen-bond donors (Lipinski definition) is 2. The quantitative estimate of drug-likeness (QED) is 0.732. The summed E-state index contributed by atoms with van der Waals surface area (Å²) in [6, 6.07) is 7.19. The molecule has 2 N–H and O–H groups in total. The number of carbonyl (C=O) groups excluding carboxylic acids is 1. The van der Waals surface area contributed by atoms with E-state index >= 15 is 0 Å². The molecule has 0 aromatic carbocycles. The number of anilines is 1. The van der Waals surface area contributed by atoms with Gasteiger partial charge in [0.05, 0.1) is 0 Å². The van der Waals surface area contributed by atoms with E-state index in [9.17, 15) is 4.79 Å². The van der Waals surface area contributed by atoms with Gasteiger partial charge < -0.3 is 10.6 Å². The second-order valence-electron chi connectivity index (χ2n) is 4.98. The van der Waals surface area contributed by atoms with Crippen LogP contribution in [-0.4, -0.2) is 27.6 Å². The average molecular weight is 299 g/mol. The van der Waals surface area contributed by atoms with Crippen LogP contribution in [0.5, 0.6) is 0 Å². The van der Waals surface area contributed by atoms with Crippen molar-refractivity contribution in [1.29, 1.82) is 0 Å². The van der Waals surface area contributed by atoms with Gasteiger partial charge in [0.2, 0.25) is 0 Å². The molecule has 0 aliphatic rings. The Morgan fingerprint density at radius 2 is 2.09 bits per heavy atom. The van der Waals surface area contributed by atoms with Gasteiger partial charge in [0.25, 0.3) is 5.91 Å². The van der Waals surface area contributed by atoms with E-state index in [2.05, 4.69) is 32.7 Å². The minimum atomic E-state index is -0.242. The van der Waals surface area contributed by atoms with Gasteiger partial charge in [0.1, 0.15) is 5.82 Å². The SMILES string of the molecule is CCCCCNc1ccc(C(=O)NCc2cccnc2)nn1. The number of hydrogen-bond acceptors (Lipinski definition) is 5. The third-order valence-corrected chi connectivity index (χ3v) is 3.16. The van der Waals surface area contributed by atoms with Gasteiger partial charge in [-0.05, 0) is 30.2 Å². The van der Waals surface area contributed by atoms with E-state index in [0.717, 1.165) is 18.5 Å². The minimum Gasteiger partial charge on any atom is -0.369 e. The van der Waals surface area contributed by atoms with Crippen LogP contribution in [0, 0.1) is 0 Å². The van der Waals surface area contributed by atoms with E-state index in [1.807, 2.05) is 12.1 Å². The lowest BCUT2D eigenvalue weighted by Crippen LogP contribution is -2.24. The highest BCUT2D eigenvalue weighted by Gasteiger charge is 2.07. The fraction of sp³-hybridized carbons (Fsp3) is 0.375. The van der Waals surface area contributed by atoms with Crippen molar-refractivity contribution in [3.05, 3.63) is 47.9 Å². The van der Waals surface area contributed by atoms with Crippen LogP contribution in [0.4, 0.5) is 5.82 Å². The summed E-state index contributed by atoms with van der Waals surface area (Å²) in [4.78, 5) is 16.0. The van der Waals surface area contributed by atoms with Crippen molar-refractivity contribution in [3.8, 4) is 0 Å². The molecule has 0 aliphatic heterocycles. The number of pyridine rings is 1. The summed E-state index contributed by atoms with van der Waals surface area (Å²) < 4.78 is 0. The zero-order valence-corrected chi connectivity index (χ0v) is 12.7. The van der Waals surface area contributed by atoms with Crippen LogP contribution >= 0.6 is 0 Å². The van der Waals surface area contributed by atoms with Gasteiger partial charge in [-0.1, -0.05) is 25.8 Å². The first-order valence-electron chi connectivity index (χ1n) is 7.54. The van der Waals surface area contributed by atoms with Crippen LogP contribution in [0.2, 0.25) is 0 Å². The van der Waals surface area contributed by atoms with Crippen molar-refractivity contribution in [3.63, 3.8) is 0 Å². The van der Waals surface area contributed by atoms with Crippen molar-refractivity contribution in [1.82, 2.24) is 20.5 Å². The number of amides is 1. The first kappa shape index (κ1) is 15.9. The summed E-state index contributed by atoms with van der Waals surface area (Å²) in [6.07, 6.45) is 6.89. The van der Waals surface area contributed by atoms with Gasteiger partial charge in [0.15, 0.2) is 5.69 Å². The second-order valence-corrected chi connectivity index (χ2v) is 4.98. The number of carbonyl (C=O) groups is 1. The summed E-state index contributed by atoms with van der Waals surface area (Å²) >= 11 is 0. The van der Waals surface area contributed by atoms with Crippen LogP contribution in [0.25, 0.3) is 0 Å². The Hall–Kier alpha value is -2.50. The van der Waals surface area contributed by atoms with Crippen molar-refractivity contribution in [2.75, 3.05) is 11.9 Å². The fourth-order valence-corrected chi connectivity index (χ4v) is 1.91. The molecule has 0 radical (unpaired) electrons. The Morgan fingerprint density at radius 1 is 1.18 bits per heavy atom. The first-order chi connectivity index (χ1) is 10.8. The van der Waals surface area contributed by atoms with Crippen molar-refractivity contribution >= 4 is 11.7 Å². The highest BCUT2D eigenvalue weighted by molar-refractivity contribution is 5.92. The maximum absolute atomic E-state index is 12.0. The third-order valence-electron chi connectivity index (χ3n) is 3.16. The highest BCUT2D eigenvalue weighted by Crippen LogP contribution is 2.04.